The van der Waals surface area contributed by atoms with Crippen molar-refractivity contribution in [3.8, 4) is 6.07 Å². The highest BCUT2D eigenvalue weighted by atomic mass is 16.5. The van der Waals surface area contributed by atoms with Crippen molar-refractivity contribution in [2.75, 3.05) is 46.6 Å². The maximum Gasteiger partial charge on any atom is 0.0687 e. The maximum absolute atomic E-state index is 9.03. The molecule has 0 aliphatic carbocycles. The molecule has 0 aromatic heterocycles. The Balaban J connectivity index is 2.01. The first kappa shape index (κ1) is 14.4. The molecule has 0 unspecified atom stereocenters. The molecule has 0 N–H and O–H groups in total. The van der Waals surface area contributed by atoms with Crippen LogP contribution in [0.25, 0.3) is 0 Å². The number of hydrogen-bond donors (Lipinski definition) is 0. The number of rotatable bonds is 7. The summed E-state index contributed by atoms with van der Waals surface area (Å²) in [5, 5.41) is 9.03. The first-order valence-electron chi connectivity index (χ1n) is 6.40. The molecular formula is C13H24N2O2. The van der Waals surface area contributed by atoms with Crippen LogP contribution in [0.15, 0.2) is 0 Å². The van der Waals surface area contributed by atoms with Gasteiger partial charge in [-0.25, -0.2) is 0 Å². The van der Waals surface area contributed by atoms with Gasteiger partial charge in [0.1, 0.15) is 0 Å². The Hall–Kier alpha value is -0.630. The molecule has 0 spiro atoms. The minimum absolute atomic E-state index is 0.101. The van der Waals surface area contributed by atoms with E-state index < -0.39 is 0 Å². The number of ether oxygens (including phenoxy) is 2. The van der Waals surface area contributed by atoms with Gasteiger partial charge in [-0.2, -0.15) is 5.26 Å². The summed E-state index contributed by atoms with van der Waals surface area (Å²) in [6, 6.07) is 2.42. The fourth-order valence-corrected chi connectivity index (χ4v) is 1.98. The van der Waals surface area contributed by atoms with E-state index in [0.717, 1.165) is 58.7 Å². The number of hydrogen-bond acceptors (Lipinski definition) is 4. The molecule has 1 rings (SSSR count). The predicted molar refractivity (Wildman–Crippen MR) is 66.7 cm³/mol. The van der Waals surface area contributed by atoms with Crippen LogP contribution in [0, 0.1) is 16.7 Å². The van der Waals surface area contributed by atoms with Crippen molar-refractivity contribution in [1.82, 2.24) is 4.90 Å². The summed E-state index contributed by atoms with van der Waals surface area (Å²) in [6.07, 6.45) is 2.92. The predicted octanol–water partition coefficient (Wildman–Crippen LogP) is 1.67. The van der Waals surface area contributed by atoms with Crippen molar-refractivity contribution in [1.29, 1.82) is 5.26 Å². The van der Waals surface area contributed by atoms with Crippen molar-refractivity contribution < 1.29 is 9.47 Å². The van der Waals surface area contributed by atoms with Crippen molar-refractivity contribution in [3.63, 3.8) is 0 Å². The normalized spacial score (nSPS) is 20.1. The van der Waals surface area contributed by atoms with E-state index in [4.69, 9.17) is 14.7 Å². The molecule has 4 heteroatoms. The Labute approximate surface area is 104 Å². The molecule has 4 nitrogen and oxygen atoms in total. The second-order valence-corrected chi connectivity index (χ2v) is 4.97. The summed E-state index contributed by atoms with van der Waals surface area (Å²) in [4.78, 5) is 2.38. The minimum Gasteiger partial charge on any atom is -0.385 e. The van der Waals surface area contributed by atoms with Crippen molar-refractivity contribution in [2.24, 2.45) is 5.41 Å². The largest absolute Gasteiger partial charge is 0.385 e. The van der Waals surface area contributed by atoms with Crippen LogP contribution >= 0.6 is 0 Å². The van der Waals surface area contributed by atoms with Gasteiger partial charge in [0.2, 0.25) is 0 Å². The van der Waals surface area contributed by atoms with Gasteiger partial charge in [0.15, 0.2) is 0 Å². The van der Waals surface area contributed by atoms with Crippen LogP contribution in [0.2, 0.25) is 0 Å². The average molecular weight is 240 g/mol. The Morgan fingerprint density at radius 3 is 2.53 bits per heavy atom. The molecule has 1 aliphatic heterocycles. The van der Waals surface area contributed by atoms with Gasteiger partial charge in [-0.15, -0.1) is 0 Å². The average Bonchev–Trinajstić information content (AvgIpc) is 2.36. The Morgan fingerprint density at radius 2 is 1.94 bits per heavy atom. The number of likely N-dealkylation sites (tertiary alicyclic amines) is 1. The quantitative estimate of drug-likeness (QED) is 0.635. The summed E-state index contributed by atoms with van der Waals surface area (Å²) >= 11 is 0. The third-order valence-corrected chi connectivity index (χ3v) is 3.42. The zero-order chi connectivity index (χ0) is 12.6. The highest BCUT2D eigenvalue weighted by Crippen LogP contribution is 2.29. The molecule has 0 atom stereocenters. The highest BCUT2D eigenvalue weighted by molar-refractivity contribution is 4.98. The van der Waals surface area contributed by atoms with Crippen molar-refractivity contribution in [3.05, 3.63) is 0 Å². The van der Waals surface area contributed by atoms with Crippen molar-refractivity contribution in [2.45, 2.75) is 26.2 Å². The highest BCUT2D eigenvalue weighted by Gasteiger charge is 2.29. The lowest BCUT2D eigenvalue weighted by atomic mass is 9.82. The molecule has 0 amide bonds. The van der Waals surface area contributed by atoms with Gasteiger partial charge in [-0.1, -0.05) is 0 Å². The smallest absolute Gasteiger partial charge is 0.0687 e. The maximum atomic E-state index is 9.03. The number of piperidine rings is 1. The summed E-state index contributed by atoms with van der Waals surface area (Å²) in [6.45, 7) is 7.41. The molecule has 17 heavy (non-hydrogen) atoms. The number of nitriles is 1. The zero-order valence-electron chi connectivity index (χ0n) is 11.1. The summed E-state index contributed by atoms with van der Waals surface area (Å²) in [7, 11) is 1.71. The van der Waals surface area contributed by atoms with E-state index in [1.807, 2.05) is 0 Å². The first-order valence-corrected chi connectivity index (χ1v) is 6.40. The van der Waals surface area contributed by atoms with Crippen LogP contribution < -0.4 is 0 Å². The second-order valence-electron chi connectivity index (χ2n) is 4.97. The van der Waals surface area contributed by atoms with E-state index in [1.54, 1.807) is 7.11 Å². The molecule has 1 saturated heterocycles. The fourth-order valence-electron chi connectivity index (χ4n) is 1.98. The number of methoxy groups -OCH3 is 1. The van der Waals surface area contributed by atoms with Gasteiger partial charge < -0.3 is 14.4 Å². The monoisotopic (exact) mass is 240 g/mol. The van der Waals surface area contributed by atoms with E-state index in [1.165, 1.54) is 0 Å². The first-order chi connectivity index (χ1) is 8.20. The molecule has 98 valence electrons. The van der Waals surface area contributed by atoms with Gasteiger partial charge in [0.25, 0.3) is 0 Å². The van der Waals surface area contributed by atoms with E-state index in [2.05, 4.69) is 17.9 Å². The van der Waals surface area contributed by atoms with Gasteiger partial charge in [-0.05, 0) is 39.3 Å². The van der Waals surface area contributed by atoms with E-state index >= 15 is 0 Å². The standard InChI is InChI=1S/C13H24N2O2/c1-13(12-14)4-6-15(7-5-13)8-11-17-10-3-9-16-2/h3-11H2,1-2H3. The van der Waals surface area contributed by atoms with E-state index in [-0.39, 0.29) is 5.41 Å². The molecule has 0 radical (unpaired) electrons. The Bertz CT molecular complexity index is 242. The lowest BCUT2D eigenvalue weighted by Crippen LogP contribution is -2.39. The van der Waals surface area contributed by atoms with E-state index in [9.17, 15) is 0 Å². The zero-order valence-corrected chi connectivity index (χ0v) is 11.1. The van der Waals surface area contributed by atoms with Crippen LogP contribution in [0.4, 0.5) is 0 Å². The van der Waals surface area contributed by atoms with Gasteiger partial charge in [-0.3, -0.25) is 0 Å². The molecule has 0 aromatic rings. The summed E-state index contributed by atoms with van der Waals surface area (Å²) in [5.41, 5.74) is -0.101. The molecule has 0 aromatic carbocycles. The lowest BCUT2D eigenvalue weighted by molar-refractivity contribution is 0.0690. The SMILES string of the molecule is COCCCOCCN1CCC(C)(C#N)CC1. The molecule has 0 bridgehead atoms. The summed E-state index contributed by atoms with van der Waals surface area (Å²) in [5.74, 6) is 0. The third kappa shape index (κ3) is 5.49. The molecule has 1 aliphatic rings. The van der Waals surface area contributed by atoms with Crippen LogP contribution in [0.3, 0.4) is 0 Å². The molecule has 1 heterocycles. The van der Waals surface area contributed by atoms with Crippen LogP contribution in [0.1, 0.15) is 26.2 Å². The fraction of sp³-hybridized carbons (Fsp3) is 0.923. The Morgan fingerprint density at radius 1 is 1.24 bits per heavy atom. The van der Waals surface area contributed by atoms with Crippen LogP contribution in [-0.4, -0.2) is 51.5 Å². The number of nitrogens with zero attached hydrogens (tertiary/aromatic N) is 2. The van der Waals surface area contributed by atoms with Crippen molar-refractivity contribution >= 4 is 0 Å². The van der Waals surface area contributed by atoms with Gasteiger partial charge in [0.05, 0.1) is 18.1 Å². The Kier molecular flexibility index (Phi) is 6.49. The van der Waals surface area contributed by atoms with Crippen LogP contribution in [-0.2, 0) is 9.47 Å². The molecular weight excluding hydrogens is 216 g/mol. The topological polar surface area (TPSA) is 45.5 Å². The van der Waals surface area contributed by atoms with Crippen LogP contribution in [0.5, 0.6) is 0 Å². The summed E-state index contributed by atoms with van der Waals surface area (Å²) < 4.78 is 10.5. The van der Waals surface area contributed by atoms with Gasteiger partial charge in [0, 0.05) is 26.9 Å². The van der Waals surface area contributed by atoms with E-state index in [0.29, 0.717) is 0 Å². The second kappa shape index (κ2) is 7.65. The third-order valence-electron chi connectivity index (χ3n) is 3.42. The molecule has 1 fully saturated rings. The minimum atomic E-state index is -0.101. The van der Waals surface area contributed by atoms with Gasteiger partial charge >= 0.3 is 0 Å². The molecule has 0 saturated carbocycles. The lowest BCUT2D eigenvalue weighted by Gasteiger charge is -2.34.